The van der Waals surface area contributed by atoms with Gasteiger partial charge < -0.3 is 15.2 Å². The van der Waals surface area contributed by atoms with Gasteiger partial charge in [0, 0.05) is 43.3 Å². The Morgan fingerprint density at radius 1 is 1.19 bits per heavy atom. The number of nitrogens with one attached hydrogen (secondary N) is 2. The Morgan fingerprint density at radius 3 is 2.74 bits per heavy atom. The number of carbonyl (C=O) groups excluding carboxylic acids is 1. The molecule has 0 bridgehead atoms. The SMILES string of the molecule is CCc1cc(=O)[nH]c(-c2cccc(NC(=O)c3cccnc3N(C)C)c2)n1. The summed E-state index contributed by atoms with van der Waals surface area (Å²) in [5, 5.41) is 2.88. The Bertz CT molecular complexity index is 1030. The maximum atomic E-state index is 12.7. The van der Waals surface area contributed by atoms with Gasteiger partial charge in [0.05, 0.1) is 5.56 Å². The number of aromatic nitrogens is 3. The third kappa shape index (κ3) is 4.20. The summed E-state index contributed by atoms with van der Waals surface area (Å²) in [4.78, 5) is 37.7. The zero-order chi connectivity index (χ0) is 19.4. The fraction of sp³-hybridized carbons (Fsp3) is 0.200. The van der Waals surface area contributed by atoms with E-state index < -0.39 is 0 Å². The lowest BCUT2D eigenvalue weighted by Crippen LogP contribution is -2.19. The number of hydrogen-bond donors (Lipinski definition) is 2. The number of carbonyl (C=O) groups is 1. The van der Waals surface area contributed by atoms with Gasteiger partial charge in [-0.25, -0.2) is 9.97 Å². The molecule has 2 heterocycles. The standard InChI is InChI=1S/C20H21N5O2/c1-4-14-12-17(26)24-18(22-14)13-7-5-8-15(11-13)23-20(27)16-9-6-10-21-19(16)25(2)3/h5-12H,4H2,1-3H3,(H,23,27)(H,22,24,26). The number of aryl methyl sites for hydroxylation is 1. The Hall–Kier alpha value is -3.48. The first-order valence-electron chi connectivity index (χ1n) is 8.62. The molecule has 3 rings (SSSR count). The highest BCUT2D eigenvalue weighted by molar-refractivity contribution is 6.07. The van der Waals surface area contributed by atoms with Crippen molar-refractivity contribution in [3.8, 4) is 11.4 Å². The molecule has 0 atom stereocenters. The van der Waals surface area contributed by atoms with Crippen LogP contribution in [0, 0.1) is 0 Å². The molecule has 0 unspecified atom stereocenters. The lowest BCUT2D eigenvalue weighted by molar-refractivity contribution is 0.102. The number of hydrogen-bond acceptors (Lipinski definition) is 5. The third-order valence-electron chi connectivity index (χ3n) is 4.01. The number of rotatable bonds is 5. The van der Waals surface area contributed by atoms with E-state index in [1.165, 1.54) is 6.07 Å². The number of aromatic amines is 1. The molecule has 27 heavy (non-hydrogen) atoms. The van der Waals surface area contributed by atoms with Gasteiger partial charge in [-0.05, 0) is 30.7 Å². The number of amides is 1. The predicted octanol–water partition coefficient (Wildman–Crippen LogP) is 2.71. The molecule has 0 fully saturated rings. The summed E-state index contributed by atoms with van der Waals surface area (Å²) >= 11 is 0. The molecule has 138 valence electrons. The molecular formula is C20H21N5O2. The molecule has 3 aromatic rings. The molecule has 0 aliphatic rings. The van der Waals surface area contributed by atoms with Crippen molar-refractivity contribution in [2.45, 2.75) is 13.3 Å². The highest BCUT2D eigenvalue weighted by Gasteiger charge is 2.14. The molecule has 2 N–H and O–H groups in total. The minimum Gasteiger partial charge on any atom is -0.362 e. The molecule has 1 amide bonds. The summed E-state index contributed by atoms with van der Waals surface area (Å²) in [6, 6.07) is 12.1. The maximum Gasteiger partial charge on any atom is 0.259 e. The van der Waals surface area contributed by atoms with E-state index in [1.54, 1.807) is 41.4 Å². The first-order chi connectivity index (χ1) is 13.0. The van der Waals surface area contributed by atoms with Crippen molar-refractivity contribution in [2.24, 2.45) is 0 Å². The van der Waals surface area contributed by atoms with Gasteiger partial charge in [-0.2, -0.15) is 0 Å². The van der Waals surface area contributed by atoms with Crippen molar-refractivity contribution in [2.75, 3.05) is 24.3 Å². The lowest BCUT2D eigenvalue weighted by atomic mass is 10.1. The number of pyridine rings is 1. The van der Waals surface area contributed by atoms with Crippen molar-refractivity contribution in [1.82, 2.24) is 15.0 Å². The van der Waals surface area contributed by atoms with E-state index in [0.717, 1.165) is 5.56 Å². The van der Waals surface area contributed by atoms with Crippen molar-refractivity contribution in [3.05, 3.63) is 70.3 Å². The topological polar surface area (TPSA) is 91.0 Å². The van der Waals surface area contributed by atoms with Crippen LogP contribution in [-0.2, 0) is 6.42 Å². The Labute approximate surface area is 157 Å². The number of nitrogens with zero attached hydrogens (tertiary/aromatic N) is 3. The summed E-state index contributed by atoms with van der Waals surface area (Å²) in [5.41, 5.74) is 2.33. The van der Waals surface area contributed by atoms with Gasteiger partial charge in [0.25, 0.3) is 11.5 Å². The van der Waals surface area contributed by atoms with Crippen molar-refractivity contribution >= 4 is 17.4 Å². The van der Waals surface area contributed by atoms with Crippen LogP contribution < -0.4 is 15.8 Å². The average molecular weight is 363 g/mol. The third-order valence-corrected chi connectivity index (χ3v) is 4.01. The van der Waals surface area contributed by atoms with E-state index >= 15 is 0 Å². The minimum absolute atomic E-state index is 0.197. The second-order valence-electron chi connectivity index (χ2n) is 6.24. The number of anilines is 2. The van der Waals surface area contributed by atoms with Gasteiger partial charge in [-0.15, -0.1) is 0 Å². The highest BCUT2D eigenvalue weighted by Crippen LogP contribution is 2.21. The smallest absolute Gasteiger partial charge is 0.259 e. The monoisotopic (exact) mass is 363 g/mol. The predicted molar refractivity (Wildman–Crippen MR) is 106 cm³/mol. The molecule has 7 heteroatoms. The van der Waals surface area contributed by atoms with Crippen LogP contribution in [-0.4, -0.2) is 35.0 Å². The van der Waals surface area contributed by atoms with Crippen LogP contribution in [0.5, 0.6) is 0 Å². The molecule has 2 aromatic heterocycles. The van der Waals surface area contributed by atoms with Gasteiger partial charge in [0.15, 0.2) is 0 Å². The first-order valence-corrected chi connectivity index (χ1v) is 8.62. The zero-order valence-corrected chi connectivity index (χ0v) is 15.5. The van der Waals surface area contributed by atoms with Gasteiger partial charge >= 0.3 is 0 Å². The van der Waals surface area contributed by atoms with E-state index in [4.69, 9.17) is 0 Å². The van der Waals surface area contributed by atoms with Gasteiger partial charge in [0.1, 0.15) is 11.6 Å². The molecule has 1 aromatic carbocycles. The van der Waals surface area contributed by atoms with E-state index in [9.17, 15) is 9.59 Å². The number of benzene rings is 1. The van der Waals surface area contributed by atoms with E-state index in [1.807, 2.05) is 27.1 Å². The Balaban J connectivity index is 1.90. The van der Waals surface area contributed by atoms with Crippen LogP contribution >= 0.6 is 0 Å². The van der Waals surface area contributed by atoms with Crippen molar-refractivity contribution < 1.29 is 4.79 Å². The second-order valence-corrected chi connectivity index (χ2v) is 6.24. The fourth-order valence-electron chi connectivity index (χ4n) is 2.70. The Kier molecular flexibility index (Phi) is 5.30. The molecular weight excluding hydrogens is 342 g/mol. The second kappa shape index (κ2) is 7.82. The summed E-state index contributed by atoms with van der Waals surface area (Å²) in [5.74, 6) is 0.811. The largest absolute Gasteiger partial charge is 0.362 e. The molecule has 0 aliphatic heterocycles. The van der Waals surface area contributed by atoms with Gasteiger partial charge in [-0.3, -0.25) is 9.59 Å². The molecule has 0 aliphatic carbocycles. The summed E-state index contributed by atoms with van der Waals surface area (Å²) in [7, 11) is 3.67. The normalized spacial score (nSPS) is 10.5. The van der Waals surface area contributed by atoms with Gasteiger partial charge in [0.2, 0.25) is 0 Å². The summed E-state index contributed by atoms with van der Waals surface area (Å²) in [6.07, 6.45) is 2.32. The van der Waals surface area contributed by atoms with Crippen molar-refractivity contribution in [3.63, 3.8) is 0 Å². The lowest BCUT2D eigenvalue weighted by Gasteiger charge is -2.15. The fourth-order valence-corrected chi connectivity index (χ4v) is 2.70. The van der Waals surface area contributed by atoms with E-state index in [2.05, 4.69) is 20.3 Å². The van der Waals surface area contributed by atoms with Crippen LogP contribution in [0.2, 0.25) is 0 Å². The molecule has 7 nitrogen and oxygen atoms in total. The summed E-state index contributed by atoms with van der Waals surface area (Å²) < 4.78 is 0. The molecule has 0 saturated heterocycles. The Morgan fingerprint density at radius 2 is 2.00 bits per heavy atom. The van der Waals surface area contributed by atoms with E-state index in [0.29, 0.717) is 35.0 Å². The molecule has 0 saturated carbocycles. The first kappa shape index (κ1) is 18.3. The van der Waals surface area contributed by atoms with Crippen LogP contribution in [0.1, 0.15) is 23.0 Å². The van der Waals surface area contributed by atoms with Crippen LogP contribution in [0.15, 0.2) is 53.5 Å². The summed E-state index contributed by atoms with van der Waals surface area (Å²) in [6.45, 7) is 1.94. The van der Waals surface area contributed by atoms with Crippen LogP contribution in [0.3, 0.4) is 0 Å². The molecule has 0 spiro atoms. The number of H-pyrrole nitrogens is 1. The van der Waals surface area contributed by atoms with E-state index in [-0.39, 0.29) is 11.5 Å². The quantitative estimate of drug-likeness (QED) is 0.727. The zero-order valence-electron chi connectivity index (χ0n) is 15.5. The van der Waals surface area contributed by atoms with Crippen LogP contribution in [0.4, 0.5) is 11.5 Å². The van der Waals surface area contributed by atoms with Gasteiger partial charge in [-0.1, -0.05) is 19.1 Å². The van der Waals surface area contributed by atoms with Crippen molar-refractivity contribution in [1.29, 1.82) is 0 Å². The molecule has 0 radical (unpaired) electrons. The maximum absolute atomic E-state index is 12.7. The average Bonchev–Trinajstić information content (AvgIpc) is 2.67. The van der Waals surface area contributed by atoms with Crippen LogP contribution in [0.25, 0.3) is 11.4 Å². The minimum atomic E-state index is -0.257. The highest BCUT2D eigenvalue weighted by atomic mass is 16.1.